The lowest BCUT2D eigenvalue weighted by Gasteiger charge is -2.34. The van der Waals surface area contributed by atoms with Crippen molar-refractivity contribution < 1.29 is 18.7 Å². The Hall–Kier alpha value is -2.87. The maximum atomic E-state index is 12.4. The number of ether oxygens (including phenoxy) is 2. The van der Waals surface area contributed by atoms with Crippen molar-refractivity contribution in [2.45, 2.75) is 0 Å². The number of benzene rings is 1. The number of carbonyl (C=O) groups excluding carboxylic acids is 1. The van der Waals surface area contributed by atoms with Crippen LogP contribution in [0.25, 0.3) is 11.0 Å². The van der Waals surface area contributed by atoms with Gasteiger partial charge in [-0.25, -0.2) is 4.98 Å². The molecule has 8 nitrogen and oxygen atoms in total. The number of hydrogen-bond donors (Lipinski definition) is 0. The number of nitrogens with zero attached hydrogens (tertiary/aromatic N) is 4. The molecule has 1 saturated heterocycles. The van der Waals surface area contributed by atoms with Crippen LogP contribution in [0.2, 0.25) is 0 Å². The first-order valence-electron chi connectivity index (χ1n) is 8.78. The number of halogens is 1. The molecule has 0 unspecified atom stereocenters. The van der Waals surface area contributed by atoms with Crippen molar-refractivity contribution in [1.29, 1.82) is 0 Å². The molecular weight excluding hydrogens is 384 g/mol. The Morgan fingerprint density at radius 3 is 2.39 bits per heavy atom. The monoisotopic (exact) mass is 406 g/mol. The summed E-state index contributed by atoms with van der Waals surface area (Å²) in [6, 6.07) is 7.24. The molecule has 0 saturated carbocycles. The number of rotatable bonds is 4. The van der Waals surface area contributed by atoms with E-state index < -0.39 is 0 Å². The number of imidazole rings is 1. The molecule has 0 N–H and O–H groups in total. The van der Waals surface area contributed by atoms with E-state index in [1.54, 1.807) is 26.4 Å². The summed E-state index contributed by atoms with van der Waals surface area (Å²) in [4.78, 5) is 21.2. The van der Waals surface area contributed by atoms with Gasteiger partial charge in [0.2, 0.25) is 5.95 Å². The highest BCUT2D eigenvalue weighted by Crippen LogP contribution is 2.33. The summed E-state index contributed by atoms with van der Waals surface area (Å²) in [6.07, 6.45) is 1.52. The second-order valence-corrected chi connectivity index (χ2v) is 6.42. The lowest BCUT2D eigenvalue weighted by Crippen LogP contribution is -2.49. The van der Waals surface area contributed by atoms with Crippen molar-refractivity contribution in [2.24, 2.45) is 7.05 Å². The van der Waals surface area contributed by atoms with Crippen LogP contribution in [0.3, 0.4) is 0 Å². The van der Waals surface area contributed by atoms with E-state index in [9.17, 15) is 4.79 Å². The van der Waals surface area contributed by atoms with Crippen molar-refractivity contribution in [2.75, 3.05) is 45.3 Å². The minimum atomic E-state index is -0.0703. The number of carbonyl (C=O) groups is 1. The molecule has 28 heavy (non-hydrogen) atoms. The zero-order chi connectivity index (χ0) is 19.0. The average Bonchev–Trinajstić information content (AvgIpc) is 3.35. The molecule has 0 atom stereocenters. The van der Waals surface area contributed by atoms with E-state index in [-0.39, 0.29) is 18.3 Å². The third-order valence-corrected chi connectivity index (χ3v) is 4.94. The van der Waals surface area contributed by atoms with E-state index in [0.29, 0.717) is 43.4 Å². The molecule has 1 aliphatic heterocycles. The summed E-state index contributed by atoms with van der Waals surface area (Å²) < 4.78 is 18.0. The topological polar surface area (TPSA) is 73.0 Å². The van der Waals surface area contributed by atoms with Crippen LogP contribution in [0.4, 0.5) is 5.95 Å². The standard InChI is InChI=1S/C19H22N4O4.ClH/c1-21-14-12-17(26-3)16(25-2)11-13(14)20-19(21)23-8-6-22(7-9-23)18(24)15-5-4-10-27-15;/h4-5,10-12H,6-9H2,1-3H3;1H. The van der Waals surface area contributed by atoms with Gasteiger partial charge in [0.1, 0.15) is 0 Å². The Morgan fingerprint density at radius 2 is 1.79 bits per heavy atom. The highest BCUT2D eigenvalue weighted by Gasteiger charge is 2.26. The molecule has 150 valence electrons. The van der Waals surface area contributed by atoms with Gasteiger partial charge >= 0.3 is 0 Å². The fourth-order valence-corrected chi connectivity index (χ4v) is 3.45. The first-order chi connectivity index (χ1) is 13.1. The van der Waals surface area contributed by atoms with E-state index in [2.05, 4.69) is 4.90 Å². The van der Waals surface area contributed by atoms with Crippen LogP contribution >= 0.6 is 12.4 Å². The largest absolute Gasteiger partial charge is 0.493 e. The molecule has 3 aromatic rings. The van der Waals surface area contributed by atoms with E-state index in [1.807, 2.05) is 28.6 Å². The van der Waals surface area contributed by atoms with Gasteiger partial charge in [-0.2, -0.15) is 0 Å². The van der Waals surface area contributed by atoms with Gasteiger partial charge in [-0.3, -0.25) is 4.79 Å². The van der Waals surface area contributed by atoms with E-state index >= 15 is 0 Å². The number of piperazine rings is 1. The number of amides is 1. The zero-order valence-corrected chi connectivity index (χ0v) is 16.9. The zero-order valence-electron chi connectivity index (χ0n) is 16.0. The van der Waals surface area contributed by atoms with Gasteiger partial charge in [0, 0.05) is 45.4 Å². The number of furan rings is 1. The second-order valence-electron chi connectivity index (χ2n) is 6.42. The molecule has 0 spiro atoms. The number of hydrogen-bond acceptors (Lipinski definition) is 6. The number of methoxy groups -OCH3 is 2. The van der Waals surface area contributed by atoms with Crippen molar-refractivity contribution in [1.82, 2.24) is 14.5 Å². The highest BCUT2D eigenvalue weighted by molar-refractivity contribution is 5.91. The van der Waals surface area contributed by atoms with Crippen LogP contribution in [0.1, 0.15) is 10.6 Å². The quantitative estimate of drug-likeness (QED) is 0.663. The Kier molecular flexibility index (Phi) is 5.69. The maximum absolute atomic E-state index is 12.4. The van der Waals surface area contributed by atoms with Crippen molar-refractivity contribution in [3.05, 3.63) is 36.3 Å². The molecule has 4 rings (SSSR count). The molecular formula is C19H23ClN4O4. The molecule has 0 aliphatic carbocycles. The van der Waals surface area contributed by atoms with E-state index in [1.165, 1.54) is 6.26 Å². The lowest BCUT2D eigenvalue weighted by atomic mass is 10.2. The van der Waals surface area contributed by atoms with Gasteiger partial charge in [-0.1, -0.05) is 0 Å². The molecule has 1 fully saturated rings. The minimum Gasteiger partial charge on any atom is -0.493 e. The average molecular weight is 407 g/mol. The van der Waals surface area contributed by atoms with Gasteiger partial charge in [-0.15, -0.1) is 12.4 Å². The predicted octanol–water partition coefficient (Wildman–Crippen LogP) is 2.57. The van der Waals surface area contributed by atoms with Crippen LogP contribution in [0.15, 0.2) is 34.9 Å². The van der Waals surface area contributed by atoms with Gasteiger partial charge in [0.15, 0.2) is 17.3 Å². The van der Waals surface area contributed by atoms with Crippen molar-refractivity contribution >= 4 is 35.3 Å². The van der Waals surface area contributed by atoms with Gasteiger partial charge in [0.05, 0.1) is 31.5 Å². The Labute approximate surface area is 169 Å². The number of aryl methyl sites for hydroxylation is 1. The first kappa shape index (κ1) is 19.9. The SMILES string of the molecule is COc1cc2nc(N3CCN(C(=O)c4ccco4)CC3)n(C)c2cc1OC.Cl. The maximum Gasteiger partial charge on any atom is 0.289 e. The molecule has 3 heterocycles. The molecule has 1 aromatic carbocycles. The van der Waals surface area contributed by atoms with Crippen molar-refractivity contribution in [3.8, 4) is 11.5 Å². The molecule has 2 aromatic heterocycles. The minimum absolute atomic E-state index is 0. The van der Waals surface area contributed by atoms with E-state index in [0.717, 1.165) is 17.0 Å². The van der Waals surface area contributed by atoms with Crippen molar-refractivity contribution in [3.63, 3.8) is 0 Å². The summed E-state index contributed by atoms with van der Waals surface area (Å²) >= 11 is 0. The van der Waals surface area contributed by atoms with Gasteiger partial charge in [0.25, 0.3) is 5.91 Å². The third kappa shape index (κ3) is 3.35. The fraction of sp³-hybridized carbons (Fsp3) is 0.368. The smallest absolute Gasteiger partial charge is 0.289 e. The summed E-state index contributed by atoms with van der Waals surface area (Å²) in [7, 11) is 5.22. The molecule has 1 aliphatic rings. The summed E-state index contributed by atoms with van der Waals surface area (Å²) in [5.74, 6) is 2.51. The normalized spacial score (nSPS) is 14.1. The molecule has 0 radical (unpaired) electrons. The number of fused-ring (bicyclic) bond motifs is 1. The van der Waals surface area contributed by atoms with Crippen LogP contribution in [-0.2, 0) is 7.05 Å². The molecule has 9 heteroatoms. The predicted molar refractivity (Wildman–Crippen MR) is 108 cm³/mol. The fourth-order valence-electron chi connectivity index (χ4n) is 3.45. The third-order valence-electron chi connectivity index (χ3n) is 4.94. The highest BCUT2D eigenvalue weighted by atomic mass is 35.5. The van der Waals surface area contributed by atoms with Crippen LogP contribution < -0.4 is 14.4 Å². The number of anilines is 1. The Balaban J connectivity index is 0.00000225. The first-order valence-corrected chi connectivity index (χ1v) is 8.78. The molecule has 0 bridgehead atoms. The van der Waals surface area contributed by atoms with Gasteiger partial charge in [-0.05, 0) is 12.1 Å². The van der Waals surface area contributed by atoms with Crippen LogP contribution in [0, 0.1) is 0 Å². The second kappa shape index (κ2) is 8.02. The summed E-state index contributed by atoms with van der Waals surface area (Å²) in [5.41, 5.74) is 1.82. The van der Waals surface area contributed by atoms with Crippen LogP contribution in [0.5, 0.6) is 11.5 Å². The van der Waals surface area contributed by atoms with Gasteiger partial charge < -0.3 is 28.3 Å². The summed E-state index contributed by atoms with van der Waals surface area (Å²) in [5, 5.41) is 0. The van der Waals surface area contributed by atoms with Crippen LogP contribution in [-0.4, -0.2) is 60.8 Å². The Bertz CT molecular complexity index is 962. The number of aromatic nitrogens is 2. The Morgan fingerprint density at radius 1 is 1.11 bits per heavy atom. The summed E-state index contributed by atoms with van der Waals surface area (Å²) in [6.45, 7) is 2.65. The molecule has 1 amide bonds. The van der Waals surface area contributed by atoms with E-state index in [4.69, 9.17) is 18.9 Å². The lowest BCUT2D eigenvalue weighted by molar-refractivity contribution is 0.0714.